The fourth-order valence-corrected chi connectivity index (χ4v) is 0.325. The second-order valence-electron chi connectivity index (χ2n) is 2.29. The van der Waals surface area contributed by atoms with Crippen LogP contribution in [0.3, 0.4) is 0 Å². The summed E-state index contributed by atoms with van der Waals surface area (Å²) in [6, 6.07) is 0. The number of halogens is 3. The van der Waals surface area contributed by atoms with Crippen LogP contribution in [0.4, 0.5) is 13.2 Å². The Morgan fingerprint density at radius 2 is 1.83 bits per heavy atom. The summed E-state index contributed by atoms with van der Waals surface area (Å²) in [4.78, 5) is 3.22. The lowest BCUT2D eigenvalue weighted by atomic mass is 10.3. The molecule has 0 aliphatic heterocycles. The highest BCUT2D eigenvalue weighted by molar-refractivity contribution is 5.87. The van der Waals surface area contributed by atoms with Crippen molar-refractivity contribution in [2.45, 2.75) is 20.0 Å². The van der Waals surface area contributed by atoms with Gasteiger partial charge in [0.2, 0.25) is 0 Å². The normalized spacial score (nSPS) is 14.8. The topological polar surface area (TPSA) is 12.4 Å². The lowest BCUT2D eigenvalue weighted by Gasteiger charge is -2.02. The van der Waals surface area contributed by atoms with Crippen molar-refractivity contribution >= 4 is 5.71 Å². The number of allylic oxidation sites excluding steroid dienone is 2. The first-order chi connectivity index (χ1) is 5.38. The van der Waals surface area contributed by atoms with Gasteiger partial charge in [0, 0.05) is 6.20 Å². The molecule has 0 aliphatic carbocycles. The average molecular weight is 177 g/mol. The summed E-state index contributed by atoms with van der Waals surface area (Å²) < 4.78 is 35.5. The van der Waals surface area contributed by atoms with E-state index in [1.165, 1.54) is 6.08 Å². The summed E-state index contributed by atoms with van der Waals surface area (Å²) in [6.07, 6.45) is -1.76. The highest BCUT2D eigenvalue weighted by Crippen LogP contribution is 2.17. The van der Waals surface area contributed by atoms with Gasteiger partial charge in [0.05, 0.1) is 0 Å². The number of alkyl halides is 3. The summed E-state index contributed by atoms with van der Waals surface area (Å²) in [5.41, 5.74) is -0.262. The van der Waals surface area contributed by atoms with Crippen LogP contribution in [0.5, 0.6) is 0 Å². The molecule has 0 aromatic rings. The van der Waals surface area contributed by atoms with Gasteiger partial charge >= 0.3 is 6.18 Å². The third kappa shape index (κ3) is 3.95. The molecule has 0 bridgehead atoms. The Morgan fingerprint density at radius 1 is 1.33 bits per heavy atom. The number of nitrogens with zero attached hydrogens (tertiary/aromatic N) is 1. The van der Waals surface area contributed by atoms with Gasteiger partial charge in [-0.15, -0.1) is 0 Å². The molecule has 4 heteroatoms. The van der Waals surface area contributed by atoms with Crippen molar-refractivity contribution in [2.24, 2.45) is 4.99 Å². The van der Waals surface area contributed by atoms with Gasteiger partial charge in [0.25, 0.3) is 0 Å². The summed E-state index contributed by atoms with van der Waals surface area (Å²) in [5, 5.41) is 0. The quantitative estimate of drug-likeness (QED) is 0.454. The van der Waals surface area contributed by atoms with Crippen molar-refractivity contribution in [3.8, 4) is 0 Å². The molecule has 0 saturated heterocycles. The standard InChI is InChI=1S/C8H10F3N/c1-4-6(2)5-12-7(3)8(9,10)11/h4-5H,1H2,2-3H3/b6-5-,12-7?. The molecule has 68 valence electrons. The lowest BCUT2D eigenvalue weighted by Crippen LogP contribution is -2.18. The van der Waals surface area contributed by atoms with Crippen LogP contribution in [0.2, 0.25) is 0 Å². The minimum absolute atomic E-state index is 0.596. The molecule has 0 unspecified atom stereocenters. The van der Waals surface area contributed by atoms with Gasteiger partial charge in [0.15, 0.2) is 0 Å². The zero-order valence-corrected chi connectivity index (χ0v) is 6.94. The summed E-state index contributed by atoms with van der Waals surface area (Å²) >= 11 is 0. The van der Waals surface area contributed by atoms with E-state index in [0.29, 0.717) is 5.57 Å². The number of hydrogen-bond acceptors (Lipinski definition) is 1. The molecule has 0 radical (unpaired) electrons. The smallest absolute Gasteiger partial charge is 0.256 e. The lowest BCUT2D eigenvalue weighted by molar-refractivity contribution is -0.0591. The molecule has 0 aliphatic rings. The van der Waals surface area contributed by atoms with Crippen LogP contribution < -0.4 is 0 Å². The molecule has 0 rings (SSSR count). The largest absolute Gasteiger partial charge is 0.429 e. The highest BCUT2D eigenvalue weighted by atomic mass is 19.4. The molecular formula is C8H10F3N. The van der Waals surface area contributed by atoms with Crippen LogP contribution in [0.15, 0.2) is 29.4 Å². The minimum Gasteiger partial charge on any atom is -0.256 e. The minimum atomic E-state index is -4.34. The van der Waals surface area contributed by atoms with Gasteiger partial charge in [-0.05, 0) is 19.4 Å². The van der Waals surface area contributed by atoms with Crippen LogP contribution in [-0.4, -0.2) is 11.9 Å². The van der Waals surface area contributed by atoms with Gasteiger partial charge in [0.1, 0.15) is 5.71 Å². The Morgan fingerprint density at radius 3 is 2.17 bits per heavy atom. The maximum absolute atomic E-state index is 11.8. The van der Waals surface area contributed by atoms with E-state index in [2.05, 4.69) is 11.6 Å². The predicted octanol–water partition coefficient (Wildman–Crippen LogP) is 3.10. The molecule has 0 spiro atoms. The van der Waals surface area contributed by atoms with Crippen molar-refractivity contribution in [1.82, 2.24) is 0 Å². The Bertz CT molecular complexity index is 223. The summed E-state index contributed by atoms with van der Waals surface area (Å²) in [5.74, 6) is 0. The van der Waals surface area contributed by atoms with Crippen molar-refractivity contribution in [1.29, 1.82) is 0 Å². The molecule has 0 N–H and O–H groups in total. The molecule has 0 heterocycles. The number of aliphatic imine (C=N–C) groups is 1. The van der Waals surface area contributed by atoms with Gasteiger partial charge < -0.3 is 0 Å². The van der Waals surface area contributed by atoms with Crippen LogP contribution in [-0.2, 0) is 0 Å². The van der Waals surface area contributed by atoms with Gasteiger partial charge in [-0.1, -0.05) is 12.7 Å². The molecule has 0 fully saturated rings. The van der Waals surface area contributed by atoms with Crippen molar-refractivity contribution in [3.63, 3.8) is 0 Å². The molecule has 0 aromatic carbocycles. The van der Waals surface area contributed by atoms with E-state index < -0.39 is 11.9 Å². The second kappa shape index (κ2) is 4.09. The van der Waals surface area contributed by atoms with E-state index in [1.807, 2.05) is 0 Å². The predicted molar refractivity (Wildman–Crippen MR) is 43.1 cm³/mol. The molecule has 0 atom stereocenters. The van der Waals surface area contributed by atoms with Crippen molar-refractivity contribution in [2.75, 3.05) is 0 Å². The maximum atomic E-state index is 11.8. The van der Waals surface area contributed by atoms with Gasteiger partial charge in [-0.3, -0.25) is 4.99 Å². The Kier molecular flexibility index (Phi) is 3.73. The van der Waals surface area contributed by atoms with E-state index in [-0.39, 0.29) is 0 Å². The molecule has 12 heavy (non-hydrogen) atoms. The zero-order chi connectivity index (χ0) is 9.78. The average Bonchev–Trinajstić information content (AvgIpc) is 1.97. The Labute approximate surface area is 69.3 Å². The van der Waals surface area contributed by atoms with Crippen LogP contribution in [0.1, 0.15) is 13.8 Å². The van der Waals surface area contributed by atoms with E-state index >= 15 is 0 Å². The number of hydrogen-bond donors (Lipinski definition) is 0. The van der Waals surface area contributed by atoms with Crippen molar-refractivity contribution < 1.29 is 13.2 Å². The SMILES string of the molecule is C=C/C(C)=C\N=C(C)C(F)(F)F. The van der Waals surface area contributed by atoms with Gasteiger partial charge in [-0.25, -0.2) is 0 Å². The molecule has 0 saturated carbocycles. The van der Waals surface area contributed by atoms with E-state index in [4.69, 9.17) is 0 Å². The number of rotatable bonds is 2. The van der Waals surface area contributed by atoms with E-state index in [0.717, 1.165) is 13.1 Å². The van der Waals surface area contributed by atoms with E-state index in [9.17, 15) is 13.2 Å². The second-order valence-corrected chi connectivity index (χ2v) is 2.29. The third-order valence-corrected chi connectivity index (χ3v) is 1.19. The molecule has 1 nitrogen and oxygen atoms in total. The Hall–Kier alpha value is -1.06. The monoisotopic (exact) mass is 177 g/mol. The summed E-state index contributed by atoms with van der Waals surface area (Å²) in [7, 11) is 0. The first-order valence-electron chi connectivity index (χ1n) is 3.28. The maximum Gasteiger partial charge on any atom is 0.429 e. The summed E-state index contributed by atoms with van der Waals surface area (Å²) in [6.45, 7) is 5.93. The molecule has 0 amide bonds. The third-order valence-electron chi connectivity index (χ3n) is 1.19. The highest BCUT2D eigenvalue weighted by Gasteiger charge is 2.31. The fourth-order valence-electron chi connectivity index (χ4n) is 0.325. The van der Waals surface area contributed by atoms with Gasteiger partial charge in [-0.2, -0.15) is 13.2 Å². The molecular weight excluding hydrogens is 167 g/mol. The molecule has 0 aromatic heterocycles. The first kappa shape index (κ1) is 10.9. The van der Waals surface area contributed by atoms with E-state index in [1.54, 1.807) is 6.92 Å². The van der Waals surface area contributed by atoms with Crippen molar-refractivity contribution in [3.05, 3.63) is 24.4 Å². The zero-order valence-electron chi connectivity index (χ0n) is 6.94. The fraction of sp³-hybridized carbons (Fsp3) is 0.375. The van der Waals surface area contributed by atoms with Crippen LogP contribution in [0, 0.1) is 0 Å². The van der Waals surface area contributed by atoms with Crippen LogP contribution in [0.25, 0.3) is 0 Å². The Balaban J connectivity index is 4.49. The van der Waals surface area contributed by atoms with Crippen LogP contribution >= 0.6 is 0 Å². The first-order valence-corrected chi connectivity index (χ1v) is 3.28.